The van der Waals surface area contributed by atoms with Crippen molar-refractivity contribution in [2.45, 2.75) is 38.7 Å². The normalized spacial score (nSPS) is 33.2. The Hall–Kier alpha value is -0.480. The number of aliphatic hydroxyl groups is 1. The Kier molecular flexibility index (Phi) is 2.96. The Balaban J connectivity index is 2.32. The highest BCUT2D eigenvalue weighted by Crippen LogP contribution is 2.33. The summed E-state index contributed by atoms with van der Waals surface area (Å²) in [6, 6.07) is 0. The van der Waals surface area contributed by atoms with Gasteiger partial charge in [-0.1, -0.05) is 13.3 Å². The van der Waals surface area contributed by atoms with Crippen LogP contribution in [0.5, 0.6) is 0 Å². The molecule has 0 aromatic rings. The van der Waals surface area contributed by atoms with Crippen molar-refractivity contribution in [2.75, 3.05) is 0 Å². The molecule has 62 valence electrons. The van der Waals surface area contributed by atoms with Crippen molar-refractivity contribution in [1.29, 1.82) is 0 Å². The van der Waals surface area contributed by atoms with E-state index in [2.05, 4.69) is 12.8 Å². The van der Waals surface area contributed by atoms with E-state index < -0.39 is 0 Å². The molecule has 0 saturated heterocycles. The van der Waals surface area contributed by atoms with Crippen molar-refractivity contribution in [1.82, 2.24) is 0 Å². The number of hydrogen-bond acceptors (Lipinski definition) is 1. The SMILES string of the molecule is C#CCC(O)C1CCC(C)C1. The number of rotatable bonds is 2. The lowest BCUT2D eigenvalue weighted by Gasteiger charge is -2.14. The quantitative estimate of drug-likeness (QED) is 0.598. The third-order valence-electron chi connectivity index (χ3n) is 2.61. The second kappa shape index (κ2) is 3.78. The van der Waals surface area contributed by atoms with Crippen molar-refractivity contribution in [3.63, 3.8) is 0 Å². The van der Waals surface area contributed by atoms with Crippen LogP contribution in [-0.2, 0) is 0 Å². The minimum atomic E-state index is -0.245. The minimum absolute atomic E-state index is 0.245. The van der Waals surface area contributed by atoms with Gasteiger partial charge in [-0.05, 0) is 24.7 Å². The van der Waals surface area contributed by atoms with Gasteiger partial charge in [0.2, 0.25) is 0 Å². The highest BCUT2D eigenvalue weighted by molar-refractivity contribution is 4.90. The summed E-state index contributed by atoms with van der Waals surface area (Å²) in [5.74, 6) is 3.77. The molecule has 1 heteroatoms. The molecule has 0 heterocycles. The lowest BCUT2D eigenvalue weighted by atomic mass is 9.97. The summed E-state index contributed by atoms with van der Waals surface area (Å²) in [7, 11) is 0. The van der Waals surface area contributed by atoms with E-state index in [0.29, 0.717) is 12.3 Å². The van der Waals surface area contributed by atoms with E-state index in [0.717, 1.165) is 18.8 Å². The molecule has 1 fully saturated rings. The van der Waals surface area contributed by atoms with Crippen molar-refractivity contribution in [2.24, 2.45) is 11.8 Å². The monoisotopic (exact) mass is 152 g/mol. The second-order valence-electron chi connectivity index (χ2n) is 3.65. The molecule has 0 amide bonds. The molecule has 0 aromatic carbocycles. The molecule has 3 unspecified atom stereocenters. The number of aliphatic hydroxyl groups excluding tert-OH is 1. The van der Waals surface area contributed by atoms with Crippen LogP contribution in [0.4, 0.5) is 0 Å². The van der Waals surface area contributed by atoms with E-state index in [1.54, 1.807) is 0 Å². The molecule has 1 aliphatic carbocycles. The molecule has 1 N–H and O–H groups in total. The molecule has 3 atom stereocenters. The maximum Gasteiger partial charge on any atom is 0.0677 e. The molecule has 1 rings (SSSR count). The maximum atomic E-state index is 9.52. The summed E-state index contributed by atoms with van der Waals surface area (Å²) in [4.78, 5) is 0. The molecule has 0 radical (unpaired) electrons. The first-order valence-corrected chi connectivity index (χ1v) is 4.35. The topological polar surface area (TPSA) is 20.2 Å². The van der Waals surface area contributed by atoms with E-state index in [1.807, 2.05) is 0 Å². The van der Waals surface area contributed by atoms with Gasteiger partial charge in [0.1, 0.15) is 0 Å². The van der Waals surface area contributed by atoms with Gasteiger partial charge in [-0.3, -0.25) is 0 Å². The Morgan fingerprint density at radius 1 is 1.64 bits per heavy atom. The van der Waals surface area contributed by atoms with Crippen LogP contribution < -0.4 is 0 Å². The van der Waals surface area contributed by atoms with Gasteiger partial charge in [0.05, 0.1) is 6.10 Å². The summed E-state index contributed by atoms with van der Waals surface area (Å²) < 4.78 is 0. The lowest BCUT2D eigenvalue weighted by molar-refractivity contribution is 0.114. The standard InChI is InChI=1S/C10H16O/c1-3-4-10(11)9-6-5-8(2)7-9/h1,8-11H,4-7H2,2H3. The molecule has 0 aromatic heterocycles. The average Bonchev–Trinajstić information content (AvgIpc) is 2.36. The Bertz CT molecular complexity index is 157. The summed E-state index contributed by atoms with van der Waals surface area (Å²) in [6.45, 7) is 2.24. The molecule has 11 heavy (non-hydrogen) atoms. The summed E-state index contributed by atoms with van der Waals surface area (Å²) in [5.41, 5.74) is 0. The fraction of sp³-hybridized carbons (Fsp3) is 0.800. The maximum absolute atomic E-state index is 9.52. The largest absolute Gasteiger partial charge is 0.392 e. The number of terminal acetylenes is 1. The zero-order chi connectivity index (χ0) is 8.27. The predicted octanol–water partition coefficient (Wildman–Crippen LogP) is 1.81. The Morgan fingerprint density at radius 3 is 2.82 bits per heavy atom. The van der Waals surface area contributed by atoms with Crippen LogP contribution in [0, 0.1) is 24.2 Å². The molecule has 0 spiro atoms. The van der Waals surface area contributed by atoms with Crippen molar-refractivity contribution < 1.29 is 5.11 Å². The smallest absolute Gasteiger partial charge is 0.0677 e. The molecule has 0 aliphatic heterocycles. The first-order chi connectivity index (χ1) is 5.24. The molecule has 1 saturated carbocycles. The van der Waals surface area contributed by atoms with Crippen LogP contribution in [0.1, 0.15) is 32.6 Å². The van der Waals surface area contributed by atoms with Gasteiger partial charge in [0, 0.05) is 6.42 Å². The summed E-state index contributed by atoms with van der Waals surface area (Å²) in [6.07, 6.45) is 8.97. The van der Waals surface area contributed by atoms with Gasteiger partial charge >= 0.3 is 0 Å². The number of hydrogen-bond donors (Lipinski definition) is 1. The first-order valence-electron chi connectivity index (χ1n) is 4.35. The van der Waals surface area contributed by atoms with Crippen LogP contribution >= 0.6 is 0 Å². The van der Waals surface area contributed by atoms with E-state index in [-0.39, 0.29) is 6.10 Å². The highest BCUT2D eigenvalue weighted by Gasteiger charge is 2.26. The Labute approximate surface area is 68.8 Å². The zero-order valence-corrected chi connectivity index (χ0v) is 7.09. The van der Waals surface area contributed by atoms with Gasteiger partial charge in [-0.15, -0.1) is 12.3 Å². The van der Waals surface area contributed by atoms with E-state index in [4.69, 9.17) is 6.42 Å². The third kappa shape index (κ3) is 2.24. The van der Waals surface area contributed by atoms with Crippen LogP contribution in [0.25, 0.3) is 0 Å². The fourth-order valence-electron chi connectivity index (χ4n) is 1.89. The lowest BCUT2D eigenvalue weighted by Crippen LogP contribution is -2.16. The molecular weight excluding hydrogens is 136 g/mol. The Morgan fingerprint density at radius 2 is 2.36 bits per heavy atom. The van der Waals surface area contributed by atoms with Gasteiger partial charge < -0.3 is 5.11 Å². The van der Waals surface area contributed by atoms with Gasteiger partial charge in [-0.2, -0.15) is 0 Å². The van der Waals surface area contributed by atoms with E-state index in [1.165, 1.54) is 6.42 Å². The van der Waals surface area contributed by atoms with Crippen LogP contribution in [0.15, 0.2) is 0 Å². The molecule has 1 nitrogen and oxygen atoms in total. The first kappa shape index (κ1) is 8.62. The van der Waals surface area contributed by atoms with Crippen LogP contribution in [0.2, 0.25) is 0 Å². The fourth-order valence-corrected chi connectivity index (χ4v) is 1.89. The zero-order valence-electron chi connectivity index (χ0n) is 7.09. The van der Waals surface area contributed by atoms with Crippen molar-refractivity contribution >= 4 is 0 Å². The summed E-state index contributed by atoms with van der Waals surface area (Å²) >= 11 is 0. The minimum Gasteiger partial charge on any atom is -0.392 e. The molecular formula is C10H16O. The van der Waals surface area contributed by atoms with E-state index >= 15 is 0 Å². The second-order valence-corrected chi connectivity index (χ2v) is 3.65. The predicted molar refractivity (Wildman–Crippen MR) is 46.0 cm³/mol. The van der Waals surface area contributed by atoms with Crippen molar-refractivity contribution in [3.8, 4) is 12.3 Å². The van der Waals surface area contributed by atoms with Gasteiger partial charge in [0.15, 0.2) is 0 Å². The van der Waals surface area contributed by atoms with E-state index in [9.17, 15) is 5.11 Å². The van der Waals surface area contributed by atoms with Crippen LogP contribution in [-0.4, -0.2) is 11.2 Å². The third-order valence-corrected chi connectivity index (χ3v) is 2.61. The summed E-state index contributed by atoms with van der Waals surface area (Å²) in [5, 5.41) is 9.52. The van der Waals surface area contributed by atoms with Crippen molar-refractivity contribution in [3.05, 3.63) is 0 Å². The van der Waals surface area contributed by atoms with Gasteiger partial charge in [-0.25, -0.2) is 0 Å². The molecule has 0 bridgehead atoms. The average molecular weight is 152 g/mol. The van der Waals surface area contributed by atoms with Crippen LogP contribution in [0.3, 0.4) is 0 Å². The highest BCUT2D eigenvalue weighted by atomic mass is 16.3. The molecule has 1 aliphatic rings. The van der Waals surface area contributed by atoms with Gasteiger partial charge in [0.25, 0.3) is 0 Å².